The highest BCUT2D eigenvalue weighted by Crippen LogP contribution is 2.36. The van der Waals surface area contributed by atoms with Gasteiger partial charge in [0.15, 0.2) is 0 Å². The number of aromatic nitrogens is 2. The minimum atomic E-state index is -1.18. The van der Waals surface area contributed by atoms with Crippen molar-refractivity contribution in [3.63, 3.8) is 0 Å². The summed E-state index contributed by atoms with van der Waals surface area (Å²) in [5, 5.41) is 42.3. The molecule has 0 amide bonds. The van der Waals surface area contributed by atoms with E-state index in [0.29, 0.717) is 33.2 Å². The fourth-order valence-corrected chi connectivity index (χ4v) is 6.87. The highest BCUT2D eigenvalue weighted by Gasteiger charge is 2.21. The van der Waals surface area contributed by atoms with Crippen molar-refractivity contribution >= 4 is 28.5 Å². The Morgan fingerprint density at radius 1 is 1.06 bits per heavy atom. The molecule has 6 rings (SSSR count). The number of aliphatic hydroxyl groups is 2. The van der Waals surface area contributed by atoms with E-state index >= 15 is 0 Å². The Morgan fingerprint density at radius 2 is 1.87 bits per heavy atom. The number of aryl methyl sites for hydroxylation is 1. The molecule has 11 nitrogen and oxygen atoms in total. The van der Waals surface area contributed by atoms with Gasteiger partial charge in [0.1, 0.15) is 36.8 Å². The van der Waals surface area contributed by atoms with E-state index in [-0.39, 0.29) is 25.9 Å². The molecule has 270 valence electrons. The Balaban J connectivity index is 1.20. The van der Waals surface area contributed by atoms with Gasteiger partial charge in [0, 0.05) is 72.9 Å². The number of nitriles is 1. The summed E-state index contributed by atoms with van der Waals surface area (Å²) in [6.07, 6.45) is 6.88. The summed E-state index contributed by atoms with van der Waals surface area (Å²) >= 11 is 6.71. The molecular weight excluding hydrogens is 682 g/mol. The maximum atomic E-state index is 11.5. The average molecular weight is 724 g/mol. The molecule has 0 aliphatic carbocycles. The lowest BCUT2D eigenvalue weighted by Gasteiger charge is -2.18. The van der Waals surface area contributed by atoms with Gasteiger partial charge < -0.3 is 34.3 Å². The van der Waals surface area contributed by atoms with E-state index in [0.717, 1.165) is 61.3 Å². The van der Waals surface area contributed by atoms with Crippen LogP contribution in [0.4, 0.5) is 0 Å². The average Bonchev–Trinajstić information content (AvgIpc) is 3.77. The number of hydrogen-bond acceptors (Lipinski definition) is 9. The molecule has 0 saturated carbocycles. The number of β-amino-alcohol motifs (C(OH)–C–C–N with tert-alkyl or cyclic N) is 1. The third-order valence-electron chi connectivity index (χ3n) is 9.51. The Hall–Kier alpha value is -4.96. The van der Waals surface area contributed by atoms with Crippen LogP contribution in [-0.4, -0.2) is 74.1 Å². The van der Waals surface area contributed by atoms with Gasteiger partial charge in [0.25, 0.3) is 0 Å². The lowest BCUT2D eigenvalue weighted by Crippen LogP contribution is -2.39. The van der Waals surface area contributed by atoms with Gasteiger partial charge in [-0.1, -0.05) is 41.9 Å². The van der Waals surface area contributed by atoms with Crippen LogP contribution in [0.5, 0.6) is 11.5 Å². The van der Waals surface area contributed by atoms with Crippen molar-refractivity contribution in [1.82, 2.24) is 19.8 Å². The first kappa shape index (κ1) is 36.8. The predicted octanol–water partition coefficient (Wildman–Crippen LogP) is 5.69. The molecule has 1 saturated heterocycles. The van der Waals surface area contributed by atoms with Crippen LogP contribution in [0.25, 0.3) is 22.0 Å². The molecule has 1 aliphatic rings. The Bertz CT molecular complexity index is 2080. The van der Waals surface area contributed by atoms with E-state index in [4.69, 9.17) is 21.1 Å². The van der Waals surface area contributed by atoms with E-state index in [1.165, 1.54) is 17.1 Å². The molecule has 3 heterocycles. The second-order valence-corrected chi connectivity index (χ2v) is 13.5. The number of ether oxygens (including phenoxy) is 2. The fourth-order valence-electron chi connectivity index (χ4n) is 6.63. The summed E-state index contributed by atoms with van der Waals surface area (Å²) in [5.41, 5.74) is 7.13. The number of rotatable bonds is 16. The molecular formula is C40H42ClN5O6. The lowest BCUT2D eigenvalue weighted by molar-refractivity contribution is -0.140. The second kappa shape index (κ2) is 17.0. The number of benzene rings is 3. The zero-order chi connectivity index (χ0) is 36.6. The van der Waals surface area contributed by atoms with Crippen LogP contribution in [-0.2, 0) is 31.1 Å². The first-order valence-corrected chi connectivity index (χ1v) is 17.7. The number of carbonyl (C=O) groups is 1. The molecule has 12 heteroatoms. The maximum absolute atomic E-state index is 11.5. The summed E-state index contributed by atoms with van der Waals surface area (Å²) < 4.78 is 14.7. The van der Waals surface area contributed by atoms with E-state index in [9.17, 15) is 25.4 Å². The quantitative estimate of drug-likeness (QED) is 0.1000. The summed E-state index contributed by atoms with van der Waals surface area (Å²) in [5.74, 6) is -0.401. The van der Waals surface area contributed by atoms with Crippen molar-refractivity contribution in [2.45, 2.75) is 58.2 Å². The first-order valence-electron chi connectivity index (χ1n) is 17.3. The van der Waals surface area contributed by atoms with Crippen LogP contribution < -0.4 is 14.8 Å². The number of carboxylic acid groups (broad SMARTS) is 1. The number of nitrogens with zero attached hydrogens (tertiary/aromatic N) is 4. The standard InChI is InChI=1S/C40H42ClN5O6/c1-26-29(5-2-6-32(26)33-7-3-8-37-34(33)10-14-46(37)12-4-11-45-13-9-31(48)22-45)25-52-39-17-38(51-24-28-15-27(18-42)19-43-20-28)30(16-35(39)41)21-44-36(23-47)40(49)50/h2-3,5-8,10,14-17,19-20,31,36,44,47-48H,4,9,11-13,21-25H2,1H3,(H,49,50)/t31?,36-/m0/s1. The van der Waals surface area contributed by atoms with Gasteiger partial charge in [-0.05, 0) is 72.8 Å². The molecule has 1 aliphatic heterocycles. The van der Waals surface area contributed by atoms with Gasteiger partial charge in [-0.25, -0.2) is 0 Å². The van der Waals surface area contributed by atoms with Crippen LogP contribution >= 0.6 is 11.6 Å². The summed E-state index contributed by atoms with van der Waals surface area (Å²) in [6, 6.07) is 20.6. The van der Waals surface area contributed by atoms with Gasteiger partial charge in [-0.2, -0.15) is 5.26 Å². The van der Waals surface area contributed by atoms with Crippen molar-refractivity contribution in [3.8, 4) is 28.7 Å². The zero-order valence-electron chi connectivity index (χ0n) is 29.0. The van der Waals surface area contributed by atoms with E-state index < -0.39 is 18.6 Å². The van der Waals surface area contributed by atoms with Crippen LogP contribution in [0.3, 0.4) is 0 Å². The van der Waals surface area contributed by atoms with E-state index in [1.54, 1.807) is 24.4 Å². The Labute approximate surface area is 307 Å². The predicted molar refractivity (Wildman–Crippen MR) is 198 cm³/mol. The number of likely N-dealkylation sites (tertiary alicyclic amines) is 1. The SMILES string of the molecule is Cc1c(COc2cc(OCc3cncc(C#N)c3)c(CN[C@@H](CO)C(=O)O)cc2Cl)cccc1-c1cccc2c1ccn2CCCN1CCC(O)C1. The van der Waals surface area contributed by atoms with Crippen LogP contribution in [0.15, 0.2) is 79.3 Å². The lowest BCUT2D eigenvalue weighted by atomic mass is 9.94. The first-order chi connectivity index (χ1) is 25.2. The fraction of sp³-hybridized carbons (Fsp3) is 0.325. The number of aliphatic carboxylic acids is 1. The van der Waals surface area contributed by atoms with Crippen molar-refractivity contribution in [3.05, 3.63) is 112 Å². The molecule has 0 radical (unpaired) electrons. The minimum absolute atomic E-state index is 0.0559. The number of halogens is 1. The summed E-state index contributed by atoms with van der Waals surface area (Å²) in [4.78, 5) is 17.9. The molecule has 52 heavy (non-hydrogen) atoms. The molecule has 0 spiro atoms. The Kier molecular flexibility index (Phi) is 12.1. The highest BCUT2D eigenvalue weighted by atomic mass is 35.5. The molecule has 0 bridgehead atoms. The second-order valence-electron chi connectivity index (χ2n) is 13.0. The number of nitrogens with one attached hydrogen (secondary N) is 1. The maximum Gasteiger partial charge on any atom is 0.323 e. The van der Waals surface area contributed by atoms with Gasteiger partial charge in [-0.3, -0.25) is 15.1 Å². The summed E-state index contributed by atoms with van der Waals surface area (Å²) in [6.45, 7) is 5.47. The van der Waals surface area contributed by atoms with Gasteiger partial charge in [0.05, 0.1) is 23.3 Å². The molecule has 2 atom stereocenters. The van der Waals surface area contributed by atoms with Crippen molar-refractivity contribution < 1.29 is 29.6 Å². The molecule has 3 aromatic carbocycles. The number of carboxylic acids is 1. The number of aliphatic hydroxyl groups excluding tert-OH is 2. The topological polar surface area (TPSA) is 153 Å². The minimum Gasteiger partial charge on any atom is -0.488 e. The van der Waals surface area contributed by atoms with Crippen LogP contribution in [0.1, 0.15) is 40.7 Å². The summed E-state index contributed by atoms with van der Waals surface area (Å²) in [7, 11) is 0. The van der Waals surface area contributed by atoms with Crippen molar-refractivity contribution in [1.29, 1.82) is 5.26 Å². The monoisotopic (exact) mass is 723 g/mol. The molecule has 2 aromatic heterocycles. The van der Waals surface area contributed by atoms with Crippen molar-refractivity contribution in [2.75, 3.05) is 26.2 Å². The van der Waals surface area contributed by atoms with Gasteiger partial charge >= 0.3 is 5.97 Å². The number of fused-ring (bicyclic) bond motifs is 1. The zero-order valence-corrected chi connectivity index (χ0v) is 29.7. The molecule has 5 aromatic rings. The highest BCUT2D eigenvalue weighted by molar-refractivity contribution is 6.32. The van der Waals surface area contributed by atoms with E-state index in [1.807, 2.05) is 12.1 Å². The third kappa shape index (κ3) is 8.73. The number of hydrogen-bond donors (Lipinski definition) is 4. The molecule has 1 fully saturated rings. The van der Waals surface area contributed by atoms with E-state index in [2.05, 4.69) is 69.3 Å². The normalized spacial score (nSPS) is 15.1. The smallest absolute Gasteiger partial charge is 0.323 e. The van der Waals surface area contributed by atoms with Crippen LogP contribution in [0, 0.1) is 18.3 Å². The third-order valence-corrected chi connectivity index (χ3v) is 9.80. The molecule has 1 unspecified atom stereocenters. The Morgan fingerprint density at radius 3 is 2.63 bits per heavy atom. The number of pyridine rings is 1. The van der Waals surface area contributed by atoms with Crippen LogP contribution in [0.2, 0.25) is 5.02 Å². The van der Waals surface area contributed by atoms with Crippen molar-refractivity contribution in [2.24, 2.45) is 0 Å². The largest absolute Gasteiger partial charge is 0.488 e. The van der Waals surface area contributed by atoms with Gasteiger partial charge in [-0.15, -0.1) is 0 Å². The molecule has 4 N–H and O–H groups in total. The van der Waals surface area contributed by atoms with Gasteiger partial charge in [0.2, 0.25) is 0 Å².